The zero-order chi connectivity index (χ0) is 14.1. The van der Waals surface area contributed by atoms with E-state index in [1.807, 2.05) is 6.07 Å². The van der Waals surface area contributed by atoms with Gasteiger partial charge >= 0.3 is 0 Å². The highest BCUT2D eigenvalue weighted by atomic mass is 16.1. The van der Waals surface area contributed by atoms with Gasteiger partial charge in [0.15, 0.2) is 5.78 Å². The number of nitriles is 1. The van der Waals surface area contributed by atoms with Gasteiger partial charge in [0.25, 0.3) is 5.56 Å². The molecule has 0 radical (unpaired) electrons. The molecule has 0 aliphatic heterocycles. The van der Waals surface area contributed by atoms with Crippen LogP contribution < -0.4 is 5.56 Å². The fourth-order valence-electron chi connectivity index (χ4n) is 1.38. The van der Waals surface area contributed by atoms with Crippen LogP contribution in [0.2, 0.25) is 0 Å². The average Bonchev–Trinajstić information content (AvgIpc) is 2.25. The first-order valence-electron chi connectivity index (χ1n) is 5.70. The summed E-state index contributed by atoms with van der Waals surface area (Å²) in [5, 5.41) is 13.0. The first-order chi connectivity index (χ1) is 8.18. The van der Waals surface area contributed by atoms with Crippen LogP contribution in [0.15, 0.2) is 4.79 Å². The van der Waals surface area contributed by atoms with E-state index >= 15 is 0 Å². The van der Waals surface area contributed by atoms with Gasteiger partial charge in [0, 0.05) is 5.41 Å². The van der Waals surface area contributed by atoms with Crippen molar-refractivity contribution in [2.75, 3.05) is 0 Å². The maximum Gasteiger partial charge on any atom is 0.285 e. The van der Waals surface area contributed by atoms with Gasteiger partial charge in [-0.25, -0.2) is 4.68 Å². The maximum absolute atomic E-state index is 12.0. The lowest BCUT2D eigenvalue weighted by Gasteiger charge is -2.17. The van der Waals surface area contributed by atoms with Crippen molar-refractivity contribution in [3.05, 3.63) is 27.2 Å². The average molecular weight is 247 g/mol. The summed E-state index contributed by atoms with van der Waals surface area (Å²) in [5.74, 6) is -0.0933. The Kier molecular flexibility index (Phi) is 3.70. The molecule has 0 aliphatic rings. The normalized spacial score (nSPS) is 11.1. The number of carbonyl (C=O) groups excluding carboxylic acids is 1. The van der Waals surface area contributed by atoms with E-state index in [1.54, 1.807) is 34.6 Å². The van der Waals surface area contributed by atoms with Gasteiger partial charge in [0.2, 0.25) is 0 Å². The molecular weight excluding hydrogens is 230 g/mol. The summed E-state index contributed by atoms with van der Waals surface area (Å²) in [6.07, 6.45) is 0. The lowest BCUT2D eigenvalue weighted by atomic mass is 9.91. The largest absolute Gasteiger partial charge is 0.297 e. The summed E-state index contributed by atoms with van der Waals surface area (Å²) in [7, 11) is 0. The van der Waals surface area contributed by atoms with Crippen molar-refractivity contribution in [2.24, 2.45) is 5.41 Å². The monoisotopic (exact) mass is 247 g/mol. The first-order valence-corrected chi connectivity index (χ1v) is 5.70. The van der Waals surface area contributed by atoms with E-state index in [4.69, 9.17) is 5.26 Å². The van der Waals surface area contributed by atoms with Crippen LogP contribution in [0.25, 0.3) is 0 Å². The number of Topliss-reactive ketones (excluding diaryl/α,β-unsaturated/α-hetero) is 1. The molecule has 5 nitrogen and oxygen atoms in total. The molecule has 0 N–H and O–H groups in total. The molecule has 96 valence electrons. The summed E-state index contributed by atoms with van der Waals surface area (Å²) >= 11 is 0. The smallest absolute Gasteiger partial charge is 0.285 e. The van der Waals surface area contributed by atoms with Crippen LogP contribution in [0.4, 0.5) is 0 Å². The van der Waals surface area contributed by atoms with E-state index in [-0.39, 0.29) is 17.9 Å². The Morgan fingerprint density at radius 3 is 2.39 bits per heavy atom. The molecule has 0 aromatic carbocycles. The summed E-state index contributed by atoms with van der Waals surface area (Å²) in [4.78, 5) is 23.9. The molecule has 0 aliphatic carbocycles. The van der Waals surface area contributed by atoms with E-state index in [2.05, 4.69) is 5.10 Å². The number of rotatable bonds is 2. The van der Waals surface area contributed by atoms with Gasteiger partial charge in [0.1, 0.15) is 18.2 Å². The Labute approximate surface area is 106 Å². The first kappa shape index (κ1) is 14.1. The van der Waals surface area contributed by atoms with Crippen molar-refractivity contribution in [1.29, 1.82) is 5.26 Å². The van der Waals surface area contributed by atoms with Crippen LogP contribution in [-0.4, -0.2) is 15.6 Å². The van der Waals surface area contributed by atoms with Gasteiger partial charge in [-0.1, -0.05) is 20.8 Å². The highest BCUT2D eigenvalue weighted by Gasteiger charge is 2.23. The summed E-state index contributed by atoms with van der Waals surface area (Å²) in [5.41, 5.74) is 0.185. The minimum atomic E-state index is -0.535. The van der Waals surface area contributed by atoms with Crippen molar-refractivity contribution < 1.29 is 4.79 Å². The second-order valence-electron chi connectivity index (χ2n) is 5.33. The molecule has 1 heterocycles. The molecule has 0 fully saturated rings. The van der Waals surface area contributed by atoms with Gasteiger partial charge in [-0.3, -0.25) is 9.59 Å². The third-order valence-electron chi connectivity index (χ3n) is 2.88. The Hall–Kier alpha value is -1.96. The van der Waals surface area contributed by atoms with Crippen molar-refractivity contribution in [3.63, 3.8) is 0 Å². The summed E-state index contributed by atoms with van der Waals surface area (Å²) in [6.45, 7) is 8.65. The van der Waals surface area contributed by atoms with Gasteiger partial charge < -0.3 is 0 Å². The van der Waals surface area contributed by atoms with Crippen LogP contribution in [0.1, 0.15) is 37.6 Å². The van der Waals surface area contributed by atoms with Crippen LogP contribution in [-0.2, 0) is 11.3 Å². The molecule has 0 saturated heterocycles. The van der Waals surface area contributed by atoms with Crippen molar-refractivity contribution in [2.45, 2.75) is 41.2 Å². The molecule has 1 rings (SSSR count). The van der Waals surface area contributed by atoms with E-state index in [9.17, 15) is 9.59 Å². The number of nitrogens with zero attached hydrogens (tertiary/aromatic N) is 3. The molecule has 0 spiro atoms. The highest BCUT2D eigenvalue weighted by molar-refractivity contribution is 5.83. The number of hydrogen-bond donors (Lipinski definition) is 0. The zero-order valence-corrected chi connectivity index (χ0v) is 11.4. The van der Waals surface area contributed by atoms with Crippen molar-refractivity contribution in [3.8, 4) is 6.07 Å². The number of carbonyl (C=O) groups is 1. The Morgan fingerprint density at radius 1 is 1.39 bits per heavy atom. The molecule has 1 aromatic rings. The Balaban J connectivity index is 3.30. The van der Waals surface area contributed by atoms with Crippen LogP contribution >= 0.6 is 0 Å². The predicted molar refractivity (Wildman–Crippen MR) is 67.1 cm³/mol. The van der Waals surface area contributed by atoms with Crippen LogP contribution in [0, 0.1) is 30.6 Å². The van der Waals surface area contributed by atoms with Crippen LogP contribution in [0.3, 0.4) is 0 Å². The molecular formula is C13H17N3O2. The number of aryl methyl sites for hydroxylation is 1. The molecule has 18 heavy (non-hydrogen) atoms. The maximum atomic E-state index is 12.0. The molecule has 0 amide bonds. The molecule has 0 bridgehead atoms. The highest BCUT2D eigenvalue weighted by Crippen LogP contribution is 2.15. The van der Waals surface area contributed by atoms with Crippen molar-refractivity contribution in [1.82, 2.24) is 9.78 Å². The van der Waals surface area contributed by atoms with Gasteiger partial charge in [-0.15, -0.1) is 0 Å². The molecule has 5 heteroatoms. The minimum absolute atomic E-state index is 0.0595. The Morgan fingerprint density at radius 2 is 1.94 bits per heavy atom. The fourth-order valence-corrected chi connectivity index (χ4v) is 1.38. The number of hydrogen-bond acceptors (Lipinski definition) is 4. The predicted octanol–water partition coefficient (Wildman–Crippen LogP) is 1.35. The van der Waals surface area contributed by atoms with E-state index < -0.39 is 11.0 Å². The molecule has 0 saturated carbocycles. The molecule has 0 atom stereocenters. The lowest BCUT2D eigenvalue weighted by molar-refractivity contribution is -0.127. The van der Waals surface area contributed by atoms with Gasteiger partial charge in [-0.2, -0.15) is 10.4 Å². The van der Waals surface area contributed by atoms with E-state index in [1.165, 1.54) is 0 Å². The third kappa shape index (κ3) is 2.65. The van der Waals surface area contributed by atoms with Gasteiger partial charge in [-0.05, 0) is 19.4 Å². The fraction of sp³-hybridized carbons (Fsp3) is 0.538. The quantitative estimate of drug-likeness (QED) is 0.790. The molecule has 0 unspecified atom stereocenters. The standard InChI is InChI=1S/C13H17N3O2/c1-8-9(2)15-16(12(18)10(8)6-14)7-11(17)13(3,4)5/h7H2,1-5H3. The molecule has 1 aromatic heterocycles. The number of aromatic nitrogens is 2. The Bertz CT molecular complexity index is 586. The zero-order valence-electron chi connectivity index (χ0n) is 11.4. The summed E-state index contributed by atoms with van der Waals surface area (Å²) in [6, 6.07) is 1.87. The minimum Gasteiger partial charge on any atom is -0.297 e. The second kappa shape index (κ2) is 4.73. The third-order valence-corrected chi connectivity index (χ3v) is 2.88. The van der Waals surface area contributed by atoms with E-state index in [0.29, 0.717) is 11.3 Å². The van der Waals surface area contributed by atoms with E-state index in [0.717, 1.165) is 4.68 Å². The van der Waals surface area contributed by atoms with Gasteiger partial charge in [0.05, 0.1) is 5.69 Å². The SMILES string of the molecule is Cc1nn(CC(=O)C(C)(C)C)c(=O)c(C#N)c1C. The second-order valence-corrected chi connectivity index (χ2v) is 5.33. The lowest BCUT2D eigenvalue weighted by Crippen LogP contribution is -2.34. The number of ketones is 1. The summed E-state index contributed by atoms with van der Waals surface area (Å²) < 4.78 is 1.08. The van der Waals surface area contributed by atoms with Crippen molar-refractivity contribution >= 4 is 5.78 Å². The van der Waals surface area contributed by atoms with Crippen LogP contribution in [0.5, 0.6) is 0 Å². The topological polar surface area (TPSA) is 75.8 Å².